The second-order valence-corrected chi connectivity index (χ2v) is 4.65. The monoisotopic (exact) mass is 276 g/mol. The number of hydrogen-bond acceptors (Lipinski definition) is 4. The molecule has 0 bridgehead atoms. The highest BCUT2D eigenvalue weighted by atomic mass is 16.5. The van der Waals surface area contributed by atoms with E-state index in [0.717, 1.165) is 5.56 Å². The molecule has 4 nitrogen and oxygen atoms in total. The molecule has 0 aromatic heterocycles. The first-order valence-corrected chi connectivity index (χ1v) is 6.40. The number of allylic oxidation sites excluding steroid dienone is 1. The lowest BCUT2D eigenvalue weighted by molar-refractivity contribution is -0.160. The van der Waals surface area contributed by atoms with Gasteiger partial charge in [0.05, 0.1) is 14.2 Å². The first-order valence-electron chi connectivity index (χ1n) is 6.40. The van der Waals surface area contributed by atoms with Crippen LogP contribution in [-0.2, 0) is 19.1 Å². The molecule has 0 fully saturated rings. The average molecular weight is 276 g/mol. The molecular formula is C16H20O4. The Balaban J connectivity index is 2.84. The zero-order valence-corrected chi connectivity index (χ0v) is 12.3. The summed E-state index contributed by atoms with van der Waals surface area (Å²) in [7, 11) is 2.52. The SMILES string of the molecule is COC(=O)C(C(=O)OC)C(C)/C=C/c1ccc(C)cc1. The number of ether oxygens (including phenoxy) is 2. The van der Waals surface area contributed by atoms with Crippen LogP contribution < -0.4 is 0 Å². The summed E-state index contributed by atoms with van der Waals surface area (Å²) < 4.78 is 9.30. The van der Waals surface area contributed by atoms with Gasteiger partial charge in [0.1, 0.15) is 0 Å². The molecular weight excluding hydrogens is 256 g/mol. The number of esters is 2. The third-order valence-electron chi connectivity index (χ3n) is 3.11. The van der Waals surface area contributed by atoms with Crippen LogP contribution in [0.25, 0.3) is 6.08 Å². The zero-order valence-electron chi connectivity index (χ0n) is 12.3. The minimum absolute atomic E-state index is 0.309. The number of hydrogen-bond donors (Lipinski definition) is 0. The van der Waals surface area contributed by atoms with E-state index in [1.165, 1.54) is 19.8 Å². The van der Waals surface area contributed by atoms with Gasteiger partial charge in [-0.1, -0.05) is 48.9 Å². The quantitative estimate of drug-likeness (QED) is 0.613. The maximum absolute atomic E-state index is 11.7. The molecule has 1 aromatic rings. The van der Waals surface area contributed by atoms with Gasteiger partial charge in [0, 0.05) is 0 Å². The van der Waals surface area contributed by atoms with Gasteiger partial charge in [-0.05, 0) is 18.4 Å². The number of carbonyl (C=O) groups is 2. The Morgan fingerprint density at radius 1 is 1.05 bits per heavy atom. The summed E-state index contributed by atoms with van der Waals surface area (Å²) in [5.74, 6) is -2.42. The van der Waals surface area contributed by atoms with E-state index in [2.05, 4.69) is 9.47 Å². The number of benzene rings is 1. The van der Waals surface area contributed by atoms with Gasteiger partial charge in [0.15, 0.2) is 5.92 Å². The van der Waals surface area contributed by atoms with Gasteiger partial charge in [0.25, 0.3) is 0 Å². The lowest BCUT2D eigenvalue weighted by atomic mass is 9.93. The van der Waals surface area contributed by atoms with Crippen LogP contribution >= 0.6 is 0 Å². The van der Waals surface area contributed by atoms with Crippen molar-refractivity contribution in [3.8, 4) is 0 Å². The van der Waals surface area contributed by atoms with E-state index in [9.17, 15) is 9.59 Å². The van der Waals surface area contributed by atoms with Gasteiger partial charge in [-0.15, -0.1) is 0 Å². The molecule has 0 saturated carbocycles. The molecule has 1 atom stereocenters. The fraction of sp³-hybridized carbons (Fsp3) is 0.375. The molecule has 0 heterocycles. The first kappa shape index (κ1) is 16.0. The molecule has 0 aliphatic heterocycles. The second kappa shape index (κ2) is 7.48. The Morgan fingerprint density at radius 2 is 1.55 bits per heavy atom. The highest BCUT2D eigenvalue weighted by Gasteiger charge is 2.32. The molecule has 0 spiro atoms. The predicted molar refractivity (Wildman–Crippen MR) is 76.9 cm³/mol. The second-order valence-electron chi connectivity index (χ2n) is 4.65. The standard InChI is InChI=1S/C16H20O4/c1-11-5-8-13(9-6-11)10-7-12(2)14(15(17)19-3)16(18)20-4/h5-10,12,14H,1-4H3/b10-7+. The molecule has 1 aromatic carbocycles. The van der Waals surface area contributed by atoms with E-state index in [-0.39, 0.29) is 5.92 Å². The van der Waals surface area contributed by atoms with Crippen LogP contribution in [0, 0.1) is 18.8 Å². The molecule has 0 amide bonds. The van der Waals surface area contributed by atoms with E-state index < -0.39 is 17.9 Å². The molecule has 0 saturated heterocycles. The zero-order chi connectivity index (χ0) is 15.1. The molecule has 4 heteroatoms. The van der Waals surface area contributed by atoms with Crippen LogP contribution in [-0.4, -0.2) is 26.2 Å². The van der Waals surface area contributed by atoms with Crippen LogP contribution in [0.3, 0.4) is 0 Å². The van der Waals surface area contributed by atoms with Gasteiger partial charge in [-0.3, -0.25) is 9.59 Å². The van der Waals surface area contributed by atoms with E-state index in [4.69, 9.17) is 0 Å². The van der Waals surface area contributed by atoms with Gasteiger partial charge in [-0.25, -0.2) is 0 Å². The normalized spacial score (nSPS) is 12.4. The Morgan fingerprint density at radius 3 is 2.00 bits per heavy atom. The fourth-order valence-corrected chi connectivity index (χ4v) is 1.83. The number of carbonyl (C=O) groups excluding carboxylic acids is 2. The number of aryl methyl sites for hydroxylation is 1. The average Bonchev–Trinajstić information content (AvgIpc) is 2.46. The van der Waals surface area contributed by atoms with Crippen molar-refractivity contribution in [2.24, 2.45) is 11.8 Å². The Kier molecular flexibility index (Phi) is 5.97. The van der Waals surface area contributed by atoms with E-state index in [1.807, 2.05) is 43.3 Å². The third kappa shape index (κ3) is 4.23. The molecule has 1 rings (SSSR count). The molecule has 108 valence electrons. The first-order chi connectivity index (χ1) is 9.49. The lowest BCUT2D eigenvalue weighted by Gasteiger charge is -2.16. The van der Waals surface area contributed by atoms with Crippen LogP contribution in [0.1, 0.15) is 18.1 Å². The summed E-state index contributed by atoms with van der Waals surface area (Å²) in [5, 5.41) is 0. The van der Waals surface area contributed by atoms with Crippen molar-refractivity contribution < 1.29 is 19.1 Å². The summed E-state index contributed by atoms with van der Waals surface area (Å²) in [4.78, 5) is 23.3. The highest BCUT2D eigenvalue weighted by molar-refractivity contribution is 5.95. The Bertz CT molecular complexity index is 472. The maximum atomic E-state index is 11.7. The van der Waals surface area contributed by atoms with Gasteiger partial charge >= 0.3 is 11.9 Å². The van der Waals surface area contributed by atoms with Crippen molar-refractivity contribution in [2.45, 2.75) is 13.8 Å². The van der Waals surface area contributed by atoms with Crippen molar-refractivity contribution >= 4 is 18.0 Å². The van der Waals surface area contributed by atoms with Crippen LogP contribution in [0.4, 0.5) is 0 Å². The summed E-state index contributed by atoms with van der Waals surface area (Å²) in [6.45, 7) is 3.80. The topological polar surface area (TPSA) is 52.6 Å². The van der Waals surface area contributed by atoms with Gasteiger partial charge in [0.2, 0.25) is 0 Å². The van der Waals surface area contributed by atoms with E-state index >= 15 is 0 Å². The van der Waals surface area contributed by atoms with Crippen molar-refractivity contribution in [2.75, 3.05) is 14.2 Å². The molecule has 1 unspecified atom stereocenters. The minimum atomic E-state index is -0.938. The van der Waals surface area contributed by atoms with Gasteiger partial charge < -0.3 is 9.47 Å². The van der Waals surface area contributed by atoms with Crippen LogP contribution in [0.15, 0.2) is 30.3 Å². The Labute approximate surface area is 119 Å². The minimum Gasteiger partial charge on any atom is -0.468 e. The number of rotatable bonds is 5. The maximum Gasteiger partial charge on any atom is 0.320 e. The predicted octanol–water partition coefficient (Wildman–Crippen LogP) is 2.61. The number of methoxy groups -OCH3 is 2. The van der Waals surface area contributed by atoms with Crippen LogP contribution in [0.5, 0.6) is 0 Å². The fourth-order valence-electron chi connectivity index (χ4n) is 1.83. The van der Waals surface area contributed by atoms with E-state index in [1.54, 1.807) is 6.92 Å². The third-order valence-corrected chi connectivity index (χ3v) is 3.11. The Hall–Kier alpha value is -2.10. The van der Waals surface area contributed by atoms with E-state index in [0.29, 0.717) is 0 Å². The summed E-state index contributed by atoms with van der Waals surface area (Å²) >= 11 is 0. The summed E-state index contributed by atoms with van der Waals surface area (Å²) in [6.07, 6.45) is 3.69. The van der Waals surface area contributed by atoms with Crippen molar-refractivity contribution in [3.05, 3.63) is 41.5 Å². The van der Waals surface area contributed by atoms with Gasteiger partial charge in [-0.2, -0.15) is 0 Å². The largest absolute Gasteiger partial charge is 0.468 e. The molecule has 0 aliphatic rings. The summed E-state index contributed by atoms with van der Waals surface area (Å²) in [6, 6.07) is 7.96. The molecule has 0 radical (unpaired) electrons. The van der Waals surface area contributed by atoms with Crippen LogP contribution in [0.2, 0.25) is 0 Å². The molecule has 0 aliphatic carbocycles. The van der Waals surface area contributed by atoms with Crippen molar-refractivity contribution in [1.29, 1.82) is 0 Å². The lowest BCUT2D eigenvalue weighted by Crippen LogP contribution is -2.31. The smallest absolute Gasteiger partial charge is 0.320 e. The molecule has 0 N–H and O–H groups in total. The van der Waals surface area contributed by atoms with Crippen molar-refractivity contribution in [1.82, 2.24) is 0 Å². The molecule has 20 heavy (non-hydrogen) atoms. The highest BCUT2D eigenvalue weighted by Crippen LogP contribution is 2.18. The summed E-state index contributed by atoms with van der Waals surface area (Å²) in [5.41, 5.74) is 2.19. The van der Waals surface area contributed by atoms with Crippen molar-refractivity contribution in [3.63, 3.8) is 0 Å².